The van der Waals surface area contributed by atoms with E-state index in [9.17, 15) is 28.8 Å². The Morgan fingerprint density at radius 3 is 1.57 bits per heavy atom. The monoisotopic (exact) mass is 826 g/mol. The number of nitrogens with zero attached hydrogens (tertiary/aromatic N) is 8. The minimum Gasteiger partial charge on any atom is -0.480 e. The van der Waals surface area contributed by atoms with Gasteiger partial charge in [-0.3, -0.25) is 28.8 Å². The van der Waals surface area contributed by atoms with Crippen LogP contribution in [0.2, 0.25) is 0 Å². The number of aliphatic carboxylic acids is 1. The fourth-order valence-corrected chi connectivity index (χ4v) is 7.03. The van der Waals surface area contributed by atoms with Crippen LogP contribution in [0.15, 0.2) is 49.1 Å². The maximum atomic E-state index is 13.1. The third-order valence-electron chi connectivity index (χ3n) is 9.80. The molecule has 0 spiro atoms. The molecule has 316 valence electrons. The molecule has 0 saturated carbocycles. The van der Waals surface area contributed by atoms with Gasteiger partial charge in [-0.2, -0.15) is 0 Å². The smallest absolute Gasteiger partial charge is 0.325 e. The number of carbonyl (C=O) groups is 6. The number of aromatic nitrogens is 4. The van der Waals surface area contributed by atoms with Crippen molar-refractivity contribution in [3.63, 3.8) is 0 Å². The summed E-state index contributed by atoms with van der Waals surface area (Å²) in [7, 11) is 0. The van der Waals surface area contributed by atoms with E-state index in [1.807, 2.05) is 6.07 Å². The molecule has 4 aliphatic rings. The van der Waals surface area contributed by atoms with Gasteiger partial charge in [-0.25, -0.2) is 19.9 Å². The number of nitrogen functional groups attached to an aromatic ring is 2. The summed E-state index contributed by atoms with van der Waals surface area (Å²) in [6, 6.07) is 10.2. The molecule has 2 aromatic heterocycles. The number of hydrogen-bond donors (Lipinski definition) is 3. The van der Waals surface area contributed by atoms with Crippen molar-refractivity contribution < 1.29 is 48.1 Å². The van der Waals surface area contributed by atoms with Crippen molar-refractivity contribution in [2.75, 3.05) is 80.4 Å². The number of benzene rings is 2. The quantitative estimate of drug-likeness (QED) is 0.225. The summed E-state index contributed by atoms with van der Waals surface area (Å²) in [4.78, 5) is 95.5. The number of rotatable bonds is 7. The first-order chi connectivity index (χ1) is 27.9. The molecule has 4 aliphatic heterocycles. The van der Waals surface area contributed by atoms with Crippen molar-refractivity contribution in [2.24, 2.45) is 0 Å². The number of esters is 1. The predicted octanol–water partition coefficient (Wildman–Crippen LogP) is 2.11. The average molecular weight is 827 g/mol. The van der Waals surface area contributed by atoms with E-state index >= 15 is 0 Å². The van der Waals surface area contributed by atoms with Gasteiger partial charge in [0.05, 0.1) is 19.7 Å². The van der Waals surface area contributed by atoms with E-state index in [2.05, 4.69) is 19.9 Å². The second kappa shape index (κ2) is 18.5. The predicted molar refractivity (Wildman–Crippen MR) is 217 cm³/mol. The summed E-state index contributed by atoms with van der Waals surface area (Å²) in [6.45, 7) is 3.35. The van der Waals surface area contributed by atoms with Crippen LogP contribution in [0, 0.1) is 0 Å². The molecule has 0 atom stereocenters. The minimum absolute atomic E-state index is 0. The van der Waals surface area contributed by atoms with E-state index in [-0.39, 0.29) is 112 Å². The molecule has 2 aromatic carbocycles. The SMILES string of the molecule is C.C.CCOC(=O)CN1CCc2cc(N3CCOc4ncnc(N)c4C3=O)ccc2C1=O.Nc1ncnc2c1C(=O)N(c1ccc3c(c1)CCN(CC(=O)O)C3=O)CCO2. The molecule has 0 radical (unpaired) electrons. The first-order valence-corrected chi connectivity index (χ1v) is 18.3. The third kappa shape index (κ3) is 8.71. The second-order valence-corrected chi connectivity index (χ2v) is 13.3. The van der Waals surface area contributed by atoms with Crippen LogP contribution in [0.4, 0.5) is 23.0 Å². The fraction of sp³-hybridized carbons (Fsp3) is 0.350. The molecule has 4 aromatic rings. The standard InChI is InChI=1S/C20H21N5O5.C18H17N5O5.2CH4/c1-2-29-15(26)10-24-6-5-12-9-13(3-4-14(12)19(24)27)25-7-8-30-18-16(20(25)28)17(21)22-11-23-18;19-15-14-16(21-9-20-15)28-6-5-23(18(14)27)11-1-2-12-10(7-11)3-4-22(17(12)26)8-13(24)25;;/h3-4,9,11H,2,5-8,10H2,1H3,(H2,21,22,23);1-2,7,9H,3-6,8H2,(H,24,25)(H2,19,20,21);2*1H4. The molecule has 4 amide bonds. The Morgan fingerprint density at radius 2 is 1.13 bits per heavy atom. The molecule has 0 unspecified atom stereocenters. The molecule has 0 saturated heterocycles. The number of hydrogen-bond acceptors (Lipinski definition) is 15. The Balaban J connectivity index is 0.000000221. The van der Waals surface area contributed by atoms with Gasteiger partial charge in [0.1, 0.15) is 61.7 Å². The van der Waals surface area contributed by atoms with Crippen molar-refractivity contribution in [2.45, 2.75) is 34.6 Å². The molecular weight excluding hydrogens is 780 g/mol. The molecule has 60 heavy (non-hydrogen) atoms. The summed E-state index contributed by atoms with van der Waals surface area (Å²) in [5, 5.41) is 8.93. The highest BCUT2D eigenvalue weighted by Gasteiger charge is 2.33. The minimum atomic E-state index is -1.05. The largest absolute Gasteiger partial charge is 0.480 e. The van der Waals surface area contributed by atoms with Crippen LogP contribution in [0.5, 0.6) is 11.8 Å². The highest BCUT2D eigenvalue weighted by atomic mass is 16.5. The van der Waals surface area contributed by atoms with Gasteiger partial charge < -0.3 is 50.4 Å². The van der Waals surface area contributed by atoms with Crippen molar-refractivity contribution in [1.82, 2.24) is 29.7 Å². The van der Waals surface area contributed by atoms with Crippen LogP contribution in [-0.4, -0.2) is 129 Å². The molecule has 8 rings (SSSR count). The molecular formula is C40H46N10O10. The topological polar surface area (TPSA) is 267 Å². The number of fused-ring (bicyclic) bond motifs is 4. The van der Waals surface area contributed by atoms with Crippen LogP contribution in [0.25, 0.3) is 0 Å². The van der Waals surface area contributed by atoms with Crippen LogP contribution in [-0.2, 0) is 27.2 Å². The molecule has 20 heteroatoms. The highest BCUT2D eigenvalue weighted by Crippen LogP contribution is 2.32. The number of nitrogens with two attached hydrogens (primary N) is 2. The lowest BCUT2D eigenvalue weighted by Crippen LogP contribution is -2.41. The first-order valence-electron chi connectivity index (χ1n) is 18.3. The Hall–Kier alpha value is -7.38. The van der Waals surface area contributed by atoms with Crippen LogP contribution < -0.4 is 30.7 Å². The normalized spacial score (nSPS) is 15.4. The number of anilines is 4. The van der Waals surface area contributed by atoms with E-state index < -0.39 is 11.9 Å². The summed E-state index contributed by atoms with van der Waals surface area (Å²) < 4.78 is 16.0. The lowest BCUT2D eigenvalue weighted by molar-refractivity contribution is -0.144. The van der Waals surface area contributed by atoms with Gasteiger partial charge in [0.15, 0.2) is 0 Å². The van der Waals surface area contributed by atoms with Gasteiger partial charge in [-0.1, -0.05) is 14.9 Å². The molecule has 0 bridgehead atoms. The number of carbonyl (C=O) groups excluding carboxylic acids is 5. The third-order valence-corrected chi connectivity index (χ3v) is 9.80. The van der Waals surface area contributed by atoms with Gasteiger partial charge in [-0.05, 0) is 67.3 Å². The molecule has 0 aliphatic carbocycles. The highest BCUT2D eigenvalue weighted by molar-refractivity contribution is 6.12. The summed E-state index contributed by atoms with van der Waals surface area (Å²) in [6.07, 6.45) is 3.56. The lowest BCUT2D eigenvalue weighted by atomic mass is 9.97. The molecule has 5 N–H and O–H groups in total. The maximum absolute atomic E-state index is 13.1. The number of carboxylic acids is 1. The Labute approximate surface area is 345 Å². The fourth-order valence-electron chi connectivity index (χ4n) is 7.03. The van der Waals surface area contributed by atoms with E-state index in [0.29, 0.717) is 55.0 Å². The average Bonchev–Trinajstić information content (AvgIpc) is 3.48. The summed E-state index contributed by atoms with van der Waals surface area (Å²) in [5.74, 6) is -2.37. The molecule has 20 nitrogen and oxygen atoms in total. The number of ether oxygens (including phenoxy) is 3. The first kappa shape index (κ1) is 43.7. The van der Waals surface area contributed by atoms with Gasteiger partial charge in [0, 0.05) is 35.6 Å². The van der Waals surface area contributed by atoms with Crippen molar-refractivity contribution in [1.29, 1.82) is 0 Å². The Morgan fingerprint density at radius 1 is 0.683 bits per heavy atom. The van der Waals surface area contributed by atoms with E-state index in [1.165, 1.54) is 27.4 Å². The molecule has 0 fully saturated rings. The lowest BCUT2D eigenvalue weighted by Gasteiger charge is -2.29. The zero-order valence-electron chi connectivity index (χ0n) is 31.3. The number of carboxylic acid groups (broad SMARTS) is 1. The van der Waals surface area contributed by atoms with Gasteiger partial charge >= 0.3 is 11.9 Å². The van der Waals surface area contributed by atoms with Gasteiger partial charge in [-0.15, -0.1) is 0 Å². The molecule has 6 heterocycles. The number of amides is 4. The van der Waals surface area contributed by atoms with Gasteiger partial charge in [0.25, 0.3) is 23.6 Å². The van der Waals surface area contributed by atoms with E-state index in [4.69, 9.17) is 30.8 Å². The zero-order valence-corrected chi connectivity index (χ0v) is 31.3. The van der Waals surface area contributed by atoms with Crippen molar-refractivity contribution in [3.05, 3.63) is 82.4 Å². The summed E-state index contributed by atoms with van der Waals surface area (Å²) in [5.41, 5.74) is 15.7. The maximum Gasteiger partial charge on any atom is 0.325 e. The van der Waals surface area contributed by atoms with E-state index in [1.54, 1.807) is 42.2 Å². The Bertz CT molecular complexity index is 2340. The van der Waals surface area contributed by atoms with Gasteiger partial charge in [0.2, 0.25) is 11.8 Å². The van der Waals surface area contributed by atoms with E-state index in [0.717, 1.165) is 11.1 Å². The second-order valence-electron chi connectivity index (χ2n) is 13.3. The summed E-state index contributed by atoms with van der Waals surface area (Å²) >= 11 is 0. The van der Waals surface area contributed by atoms with Crippen LogP contribution >= 0.6 is 0 Å². The zero-order chi connectivity index (χ0) is 41.1. The van der Waals surface area contributed by atoms with Crippen molar-refractivity contribution >= 4 is 58.6 Å². The Kier molecular flexibility index (Phi) is 13.5. The van der Waals surface area contributed by atoms with Crippen LogP contribution in [0.3, 0.4) is 0 Å². The van der Waals surface area contributed by atoms with Crippen LogP contribution in [0.1, 0.15) is 74.3 Å². The van der Waals surface area contributed by atoms with Crippen molar-refractivity contribution in [3.8, 4) is 11.8 Å².